The number of nitrogens with two attached hydrogens (primary N) is 1. The monoisotopic (exact) mass is 383 g/mol. The van der Waals surface area contributed by atoms with Crippen molar-refractivity contribution < 1.29 is 9.53 Å². The lowest BCUT2D eigenvalue weighted by Crippen LogP contribution is -2.46. The molecule has 23 heavy (non-hydrogen) atoms. The van der Waals surface area contributed by atoms with Crippen molar-refractivity contribution in [2.24, 2.45) is 5.73 Å². The molecule has 0 aromatic heterocycles. The third-order valence-corrected chi connectivity index (χ3v) is 3.98. The number of benzene rings is 1. The number of rotatable bonds is 5. The van der Waals surface area contributed by atoms with Crippen LogP contribution in [0.15, 0.2) is 24.3 Å². The summed E-state index contributed by atoms with van der Waals surface area (Å²) in [5, 5.41) is 3.61. The number of morpholine rings is 1. The Kier molecular flexibility index (Phi) is 10.8. The first-order valence-electron chi connectivity index (χ1n) is 7.19. The van der Waals surface area contributed by atoms with Gasteiger partial charge in [-0.2, -0.15) is 0 Å². The van der Waals surface area contributed by atoms with Gasteiger partial charge in [0.25, 0.3) is 0 Å². The van der Waals surface area contributed by atoms with Crippen molar-refractivity contribution in [2.45, 2.75) is 19.0 Å². The zero-order valence-electron chi connectivity index (χ0n) is 13.0. The minimum absolute atomic E-state index is 0. The minimum Gasteiger partial charge on any atom is -0.379 e. The molecule has 3 N–H and O–H groups in total. The number of ether oxygens (including phenoxy) is 1. The number of hydrogen-bond acceptors (Lipinski definition) is 4. The van der Waals surface area contributed by atoms with E-state index in [1.165, 1.54) is 0 Å². The van der Waals surface area contributed by atoms with Gasteiger partial charge < -0.3 is 15.8 Å². The van der Waals surface area contributed by atoms with Crippen LogP contribution in [0.1, 0.15) is 18.5 Å². The molecule has 1 aliphatic heterocycles. The molecule has 1 aromatic rings. The molecular weight excluding hydrogens is 361 g/mol. The maximum Gasteiger partial charge on any atom is 0.236 e. The van der Waals surface area contributed by atoms with Gasteiger partial charge in [0.05, 0.1) is 25.3 Å². The lowest BCUT2D eigenvalue weighted by Gasteiger charge is -2.35. The average Bonchev–Trinajstić information content (AvgIpc) is 2.50. The molecule has 132 valence electrons. The van der Waals surface area contributed by atoms with Crippen LogP contribution in [0.3, 0.4) is 0 Å². The van der Waals surface area contributed by atoms with Crippen LogP contribution in [0, 0.1) is 0 Å². The zero-order chi connectivity index (χ0) is 15.2. The summed E-state index contributed by atoms with van der Waals surface area (Å²) < 4.78 is 5.40. The molecule has 0 saturated carbocycles. The smallest absolute Gasteiger partial charge is 0.236 e. The molecule has 1 fully saturated rings. The van der Waals surface area contributed by atoms with E-state index in [0.717, 1.165) is 18.7 Å². The van der Waals surface area contributed by atoms with Crippen molar-refractivity contribution in [3.63, 3.8) is 0 Å². The second-order valence-electron chi connectivity index (χ2n) is 5.22. The highest BCUT2D eigenvalue weighted by Crippen LogP contribution is 2.27. The third kappa shape index (κ3) is 6.45. The van der Waals surface area contributed by atoms with Crippen LogP contribution in [0.2, 0.25) is 5.02 Å². The average molecular weight is 385 g/mol. The van der Waals surface area contributed by atoms with Gasteiger partial charge in [0, 0.05) is 24.7 Å². The molecular formula is C15H24Cl3N3O2. The summed E-state index contributed by atoms with van der Waals surface area (Å²) in [6.45, 7) is 5.21. The van der Waals surface area contributed by atoms with Crippen molar-refractivity contribution in [3.05, 3.63) is 34.9 Å². The van der Waals surface area contributed by atoms with Gasteiger partial charge in [0.15, 0.2) is 0 Å². The van der Waals surface area contributed by atoms with Crippen LogP contribution < -0.4 is 11.1 Å². The summed E-state index contributed by atoms with van der Waals surface area (Å²) in [5.41, 5.74) is 6.62. The lowest BCUT2D eigenvalue weighted by molar-refractivity contribution is -0.122. The van der Waals surface area contributed by atoms with Crippen LogP contribution in [0.25, 0.3) is 0 Å². The second kappa shape index (κ2) is 11.1. The number of carbonyl (C=O) groups is 1. The normalized spacial score (nSPS) is 17.3. The summed E-state index contributed by atoms with van der Waals surface area (Å²) in [5.74, 6) is -0.152. The van der Waals surface area contributed by atoms with Crippen molar-refractivity contribution >= 4 is 42.3 Å². The molecule has 1 saturated heterocycles. The Hall–Kier alpha value is -0.560. The molecule has 0 aliphatic carbocycles. The van der Waals surface area contributed by atoms with Crippen LogP contribution in [0.5, 0.6) is 0 Å². The van der Waals surface area contributed by atoms with Gasteiger partial charge in [-0.15, -0.1) is 24.8 Å². The Balaban J connectivity index is 0.00000242. The summed E-state index contributed by atoms with van der Waals surface area (Å²) >= 11 is 6.32. The zero-order valence-corrected chi connectivity index (χ0v) is 15.4. The summed E-state index contributed by atoms with van der Waals surface area (Å²) in [6, 6.07) is 7.26. The van der Waals surface area contributed by atoms with Crippen LogP contribution in [0.4, 0.5) is 0 Å². The van der Waals surface area contributed by atoms with Crippen LogP contribution in [-0.4, -0.2) is 49.7 Å². The summed E-state index contributed by atoms with van der Waals surface area (Å²) in [6.07, 6.45) is 0. The number of hydrogen-bond donors (Lipinski definition) is 2. The maximum absolute atomic E-state index is 11.7. The predicted molar refractivity (Wildman–Crippen MR) is 97.7 cm³/mol. The Morgan fingerprint density at radius 1 is 1.35 bits per heavy atom. The SMILES string of the molecule is C[C@@H](N)C(=O)NCC(c1ccccc1Cl)N1CCOCC1.Cl.Cl. The highest BCUT2D eigenvalue weighted by atomic mass is 35.5. The van der Waals surface area contributed by atoms with Crippen molar-refractivity contribution in [1.29, 1.82) is 0 Å². The molecule has 0 spiro atoms. The molecule has 0 bridgehead atoms. The van der Waals surface area contributed by atoms with Gasteiger partial charge in [-0.25, -0.2) is 0 Å². The number of nitrogens with zero attached hydrogens (tertiary/aromatic N) is 1. The number of carbonyl (C=O) groups excluding carboxylic acids is 1. The largest absolute Gasteiger partial charge is 0.379 e. The first-order valence-corrected chi connectivity index (χ1v) is 7.57. The molecule has 1 aliphatic rings. The molecule has 1 amide bonds. The number of halogens is 3. The van der Waals surface area contributed by atoms with Gasteiger partial charge in [-0.3, -0.25) is 9.69 Å². The van der Waals surface area contributed by atoms with E-state index in [0.29, 0.717) is 24.8 Å². The second-order valence-corrected chi connectivity index (χ2v) is 5.63. The van der Waals surface area contributed by atoms with Crippen molar-refractivity contribution in [1.82, 2.24) is 10.2 Å². The molecule has 0 radical (unpaired) electrons. The van der Waals surface area contributed by atoms with Gasteiger partial charge >= 0.3 is 0 Å². The van der Waals surface area contributed by atoms with Crippen LogP contribution in [-0.2, 0) is 9.53 Å². The van der Waals surface area contributed by atoms with Gasteiger partial charge in [0.1, 0.15) is 0 Å². The minimum atomic E-state index is -0.512. The van der Waals surface area contributed by atoms with Crippen molar-refractivity contribution in [3.8, 4) is 0 Å². The molecule has 1 aromatic carbocycles. The van der Waals surface area contributed by atoms with E-state index >= 15 is 0 Å². The number of amides is 1. The molecule has 2 atom stereocenters. The fraction of sp³-hybridized carbons (Fsp3) is 0.533. The van der Waals surface area contributed by atoms with E-state index in [2.05, 4.69) is 10.2 Å². The number of nitrogens with one attached hydrogen (secondary N) is 1. The fourth-order valence-electron chi connectivity index (χ4n) is 2.43. The standard InChI is InChI=1S/C15H22ClN3O2.2ClH/c1-11(17)15(20)18-10-14(19-6-8-21-9-7-19)12-4-2-3-5-13(12)16;;/h2-5,11,14H,6-10,17H2,1H3,(H,18,20);2*1H/t11-,14?;;/m1../s1. The predicted octanol–water partition coefficient (Wildman–Crippen LogP) is 2.02. The quantitative estimate of drug-likeness (QED) is 0.815. The Labute approximate surface area is 154 Å². The highest BCUT2D eigenvalue weighted by molar-refractivity contribution is 6.31. The molecule has 2 rings (SSSR count). The Morgan fingerprint density at radius 3 is 2.52 bits per heavy atom. The van der Waals surface area contributed by atoms with Gasteiger partial charge in [-0.1, -0.05) is 29.8 Å². The topological polar surface area (TPSA) is 67.6 Å². The fourth-order valence-corrected chi connectivity index (χ4v) is 2.69. The van der Waals surface area contributed by atoms with E-state index in [-0.39, 0.29) is 36.8 Å². The molecule has 5 nitrogen and oxygen atoms in total. The first kappa shape index (κ1) is 22.4. The van der Waals surface area contributed by atoms with E-state index in [1.807, 2.05) is 24.3 Å². The van der Waals surface area contributed by atoms with Gasteiger partial charge in [0.2, 0.25) is 5.91 Å². The van der Waals surface area contributed by atoms with Crippen LogP contribution >= 0.6 is 36.4 Å². The first-order chi connectivity index (χ1) is 10.1. The molecule has 1 unspecified atom stereocenters. The van der Waals surface area contributed by atoms with E-state index in [4.69, 9.17) is 22.1 Å². The molecule has 8 heteroatoms. The lowest BCUT2D eigenvalue weighted by atomic mass is 10.0. The van der Waals surface area contributed by atoms with E-state index < -0.39 is 6.04 Å². The third-order valence-electron chi connectivity index (χ3n) is 3.63. The van der Waals surface area contributed by atoms with Gasteiger partial charge in [-0.05, 0) is 18.6 Å². The van der Waals surface area contributed by atoms with E-state index in [9.17, 15) is 4.79 Å². The Morgan fingerprint density at radius 2 is 1.96 bits per heavy atom. The maximum atomic E-state index is 11.7. The highest BCUT2D eigenvalue weighted by Gasteiger charge is 2.25. The van der Waals surface area contributed by atoms with E-state index in [1.54, 1.807) is 6.92 Å². The summed E-state index contributed by atoms with van der Waals surface area (Å²) in [4.78, 5) is 14.0. The van der Waals surface area contributed by atoms with Crippen molar-refractivity contribution in [2.75, 3.05) is 32.8 Å². The Bertz CT molecular complexity index is 483. The summed E-state index contributed by atoms with van der Waals surface area (Å²) in [7, 11) is 0. The molecule has 1 heterocycles.